The summed E-state index contributed by atoms with van der Waals surface area (Å²) in [4.78, 5) is 34.4. The van der Waals surface area contributed by atoms with E-state index in [0.717, 1.165) is 32.3 Å². The van der Waals surface area contributed by atoms with Crippen molar-refractivity contribution in [1.29, 1.82) is 5.26 Å². The Morgan fingerprint density at radius 3 is 2.51 bits per heavy atom. The van der Waals surface area contributed by atoms with E-state index in [2.05, 4.69) is 29.7 Å². The molecule has 0 spiro atoms. The monoisotopic (exact) mass is 596 g/mol. The lowest BCUT2D eigenvalue weighted by Gasteiger charge is -2.29. The SMILES string of the molecule is CCc1cccc(NC(=O)CSC2=NC(C)=C(C(=O)Nc3ccccc3)C(c3ccc(-c4cccs4)s3)C2C#N)c1. The fraction of sp³-hybridized carbons (Fsp3) is 0.188. The molecule has 3 heterocycles. The summed E-state index contributed by atoms with van der Waals surface area (Å²) in [5.41, 5.74) is 3.55. The van der Waals surface area contributed by atoms with Gasteiger partial charge in [-0.15, -0.1) is 22.7 Å². The summed E-state index contributed by atoms with van der Waals surface area (Å²) >= 11 is 4.48. The van der Waals surface area contributed by atoms with Crippen molar-refractivity contribution >= 4 is 62.7 Å². The van der Waals surface area contributed by atoms with Crippen molar-refractivity contribution in [1.82, 2.24) is 0 Å². The Morgan fingerprint density at radius 1 is 0.976 bits per heavy atom. The van der Waals surface area contributed by atoms with Crippen molar-refractivity contribution in [2.75, 3.05) is 16.4 Å². The van der Waals surface area contributed by atoms with Crippen LogP contribution in [0.2, 0.25) is 0 Å². The van der Waals surface area contributed by atoms with Crippen LogP contribution in [-0.2, 0) is 16.0 Å². The number of nitriles is 1. The van der Waals surface area contributed by atoms with Crippen molar-refractivity contribution in [3.8, 4) is 15.8 Å². The number of rotatable bonds is 8. The summed E-state index contributed by atoms with van der Waals surface area (Å²) in [5.74, 6) is -1.60. The van der Waals surface area contributed by atoms with Gasteiger partial charge in [-0.2, -0.15) is 5.26 Å². The average Bonchev–Trinajstić information content (AvgIpc) is 3.69. The van der Waals surface area contributed by atoms with E-state index in [1.165, 1.54) is 11.8 Å². The number of thioether (sulfide) groups is 1. The molecule has 2 amide bonds. The summed E-state index contributed by atoms with van der Waals surface area (Å²) < 4.78 is 0. The molecule has 0 radical (unpaired) electrons. The molecule has 4 aromatic rings. The zero-order valence-corrected chi connectivity index (χ0v) is 25.0. The number of aliphatic imine (C=N–C) groups is 1. The van der Waals surface area contributed by atoms with Crippen LogP contribution in [0.1, 0.15) is 30.2 Å². The second kappa shape index (κ2) is 13.1. The Hall–Kier alpha value is -3.97. The number of benzene rings is 2. The van der Waals surface area contributed by atoms with Gasteiger partial charge in [0.1, 0.15) is 5.92 Å². The van der Waals surface area contributed by atoms with Gasteiger partial charge in [-0.25, -0.2) is 4.99 Å². The lowest BCUT2D eigenvalue weighted by atomic mass is 9.82. The van der Waals surface area contributed by atoms with E-state index in [1.54, 1.807) is 29.6 Å². The molecule has 0 saturated heterocycles. The molecule has 41 heavy (non-hydrogen) atoms. The number of allylic oxidation sites excluding steroid dienone is 1. The fourth-order valence-electron chi connectivity index (χ4n) is 4.69. The highest BCUT2D eigenvalue weighted by Gasteiger charge is 2.40. The number of hydrogen-bond donors (Lipinski definition) is 2. The summed E-state index contributed by atoms with van der Waals surface area (Å²) in [7, 11) is 0. The predicted octanol–water partition coefficient (Wildman–Crippen LogP) is 7.96. The topological polar surface area (TPSA) is 94.3 Å². The van der Waals surface area contributed by atoms with Crippen molar-refractivity contribution in [3.05, 3.63) is 106 Å². The fourth-order valence-corrected chi connectivity index (χ4v) is 7.60. The molecular weight excluding hydrogens is 569 g/mol. The molecule has 0 aliphatic carbocycles. The number of aryl methyl sites for hydroxylation is 1. The standard InChI is InChI=1S/C32H28N4O2S3/c1-3-21-9-7-12-23(17-21)35-28(37)19-40-32-24(18-33)30(27-15-14-26(41-27)25-13-8-16-39-25)29(20(2)34-32)31(38)36-22-10-5-4-6-11-22/h4-17,24,30H,3,19H2,1-2H3,(H,35,37)(H,36,38). The maximum Gasteiger partial charge on any atom is 0.254 e. The first-order chi connectivity index (χ1) is 20.0. The molecule has 2 aromatic carbocycles. The Bertz CT molecular complexity index is 1650. The van der Waals surface area contributed by atoms with E-state index in [1.807, 2.05) is 78.2 Å². The molecule has 2 unspecified atom stereocenters. The maximum absolute atomic E-state index is 13.7. The highest BCUT2D eigenvalue weighted by molar-refractivity contribution is 8.14. The Balaban J connectivity index is 1.44. The third-order valence-electron chi connectivity index (χ3n) is 6.66. The molecule has 2 N–H and O–H groups in total. The number of amides is 2. The van der Waals surface area contributed by atoms with Crippen LogP contribution in [0, 0.1) is 17.2 Å². The van der Waals surface area contributed by atoms with Crippen LogP contribution in [0.25, 0.3) is 9.75 Å². The highest BCUT2D eigenvalue weighted by atomic mass is 32.2. The molecule has 2 aromatic heterocycles. The van der Waals surface area contributed by atoms with E-state index < -0.39 is 11.8 Å². The second-order valence-corrected chi connectivity index (χ2v) is 12.5. The smallest absolute Gasteiger partial charge is 0.254 e. The minimum Gasteiger partial charge on any atom is -0.325 e. The number of carbonyl (C=O) groups is 2. The maximum atomic E-state index is 13.7. The Morgan fingerprint density at radius 2 is 1.78 bits per heavy atom. The number of thiophene rings is 2. The number of nitrogens with zero attached hydrogens (tertiary/aromatic N) is 2. The van der Waals surface area contributed by atoms with Crippen LogP contribution in [0.4, 0.5) is 11.4 Å². The molecule has 1 aliphatic heterocycles. The minimum absolute atomic E-state index is 0.101. The summed E-state index contributed by atoms with van der Waals surface area (Å²) in [6.07, 6.45) is 0.878. The number of nitrogens with one attached hydrogen (secondary N) is 2. The van der Waals surface area contributed by atoms with Gasteiger partial charge in [-0.1, -0.05) is 55.1 Å². The molecular formula is C32H28N4O2S3. The third kappa shape index (κ3) is 6.68. The highest BCUT2D eigenvalue weighted by Crippen LogP contribution is 2.45. The van der Waals surface area contributed by atoms with E-state index in [4.69, 9.17) is 4.99 Å². The van der Waals surface area contributed by atoms with Crippen LogP contribution >= 0.6 is 34.4 Å². The van der Waals surface area contributed by atoms with Gasteiger partial charge >= 0.3 is 0 Å². The van der Waals surface area contributed by atoms with Gasteiger partial charge in [0.2, 0.25) is 5.91 Å². The Labute approximate surface area is 251 Å². The van der Waals surface area contributed by atoms with Gasteiger partial charge in [0.05, 0.1) is 16.9 Å². The molecule has 2 atom stereocenters. The van der Waals surface area contributed by atoms with Crippen molar-refractivity contribution in [2.45, 2.75) is 26.2 Å². The summed E-state index contributed by atoms with van der Waals surface area (Å²) in [5, 5.41) is 18.9. The summed E-state index contributed by atoms with van der Waals surface area (Å²) in [6, 6.07) is 27.5. The zero-order chi connectivity index (χ0) is 28.8. The van der Waals surface area contributed by atoms with Gasteiger partial charge in [-0.05, 0) is 66.8 Å². The van der Waals surface area contributed by atoms with Gasteiger partial charge in [0.25, 0.3) is 5.91 Å². The molecule has 206 valence electrons. The first kappa shape index (κ1) is 28.6. The summed E-state index contributed by atoms with van der Waals surface area (Å²) in [6.45, 7) is 3.86. The predicted molar refractivity (Wildman–Crippen MR) is 172 cm³/mol. The lowest BCUT2D eigenvalue weighted by molar-refractivity contribution is -0.114. The van der Waals surface area contributed by atoms with Crippen LogP contribution in [0.5, 0.6) is 0 Å². The number of hydrogen-bond acceptors (Lipinski definition) is 7. The first-order valence-corrected chi connectivity index (χ1v) is 15.9. The van der Waals surface area contributed by atoms with Crippen LogP contribution in [0.15, 0.2) is 101 Å². The van der Waals surface area contributed by atoms with Gasteiger partial charge < -0.3 is 10.6 Å². The molecule has 0 saturated carbocycles. The van der Waals surface area contributed by atoms with Crippen LogP contribution in [-0.4, -0.2) is 22.6 Å². The zero-order valence-electron chi connectivity index (χ0n) is 22.6. The van der Waals surface area contributed by atoms with E-state index in [0.29, 0.717) is 22.0 Å². The van der Waals surface area contributed by atoms with Crippen LogP contribution in [0.3, 0.4) is 0 Å². The van der Waals surface area contributed by atoms with E-state index >= 15 is 0 Å². The average molecular weight is 597 g/mol. The molecule has 5 rings (SSSR count). The lowest BCUT2D eigenvalue weighted by Crippen LogP contribution is -2.31. The largest absolute Gasteiger partial charge is 0.325 e. The molecule has 1 aliphatic rings. The second-order valence-electron chi connectivity index (χ2n) is 9.42. The molecule has 9 heteroatoms. The van der Waals surface area contributed by atoms with Gasteiger partial charge in [0.15, 0.2) is 0 Å². The first-order valence-electron chi connectivity index (χ1n) is 13.2. The van der Waals surface area contributed by atoms with Crippen LogP contribution < -0.4 is 10.6 Å². The molecule has 0 fully saturated rings. The van der Waals surface area contributed by atoms with Crippen molar-refractivity contribution in [2.24, 2.45) is 10.9 Å². The number of para-hydroxylation sites is 1. The van der Waals surface area contributed by atoms with E-state index in [-0.39, 0.29) is 17.6 Å². The normalized spacial score (nSPS) is 16.6. The van der Waals surface area contributed by atoms with Gasteiger partial charge in [0, 0.05) is 43.2 Å². The van der Waals surface area contributed by atoms with Crippen molar-refractivity contribution in [3.63, 3.8) is 0 Å². The minimum atomic E-state index is -0.716. The molecule has 0 bridgehead atoms. The van der Waals surface area contributed by atoms with Crippen molar-refractivity contribution < 1.29 is 9.59 Å². The Kier molecular flexibility index (Phi) is 9.14. The molecule has 6 nitrogen and oxygen atoms in total. The third-order valence-corrected chi connectivity index (χ3v) is 9.94. The van der Waals surface area contributed by atoms with Gasteiger partial charge in [-0.3, -0.25) is 9.59 Å². The number of anilines is 2. The quantitative estimate of drug-likeness (QED) is 0.216. The van der Waals surface area contributed by atoms with E-state index in [9.17, 15) is 14.9 Å². The number of carbonyl (C=O) groups excluding carboxylic acids is 2.